The van der Waals surface area contributed by atoms with Gasteiger partial charge in [-0.1, -0.05) is 62.7 Å². The fourth-order valence-corrected chi connectivity index (χ4v) is 6.97. The lowest BCUT2D eigenvalue weighted by molar-refractivity contribution is 0.282. The standard InChI is InChI=1S/C16H27BrOSi/c1-6-19(7-2,16(3,4)5)18-13-12-14-8-10-15(17)11-9-14/h8-11H,6-7,12-13H2,1-5H3. The van der Waals surface area contributed by atoms with Crippen LogP contribution < -0.4 is 0 Å². The summed E-state index contributed by atoms with van der Waals surface area (Å²) in [5.74, 6) is 0. The lowest BCUT2D eigenvalue weighted by Crippen LogP contribution is -2.46. The lowest BCUT2D eigenvalue weighted by Gasteiger charge is -2.41. The first kappa shape index (κ1) is 16.9. The largest absolute Gasteiger partial charge is 0.416 e. The van der Waals surface area contributed by atoms with Crippen LogP contribution in [0.5, 0.6) is 0 Å². The van der Waals surface area contributed by atoms with Gasteiger partial charge in [0.1, 0.15) is 0 Å². The van der Waals surface area contributed by atoms with Crippen LogP contribution in [0.2, 0.25) is 17.1 Å². The van der Waals surface area contributed by atoms with E-state index in [0.29, 0.717) is 5.04 Å². The summed E-state index contributed by atoms with van der Waals surface area (Å²) in [7, 11) is -1.62. The molecule has 1 aromatic carbocycles. The molecular weight excluding hydrogens is 316 g/mol. The molecular formula is C16H27BrOSi. The van der Waals surface area contributed by atoms with E-state index in [4.69, 9.17) is 4.43 Å². The predicted molar refractivity (Wildman–Crippen MR) is 90.2 cm³/mol. The molecule has 0 atom stereocenters. The maximum absolute atomic E-state index is 6.45. The molecule has 3 heteroatoms. The van der Waals surface area contributed by atoms with Crippen LogP contribution in [0.25, 0.3) is 0 Å². The number of halogens is 1. The first-order chi connectivity index (χ1) is 8.84. The van der Waals surface area contributed by atoms with Crippen LogP contribution in [0, 0.1) is 0 Å². The third kappa shape index (κ3) is 4.43. The van der Waals surface area contributed by atoms with Crippen molar-refractivity contribution in [2.24, 2.45) is 0 Å². The molecule has 0 bridgehead atoms. The van der Waals surface area contributed by atoms with Crippen molar-refractivity contribution in [3.63, 3.8) is 0 Å². The average molecular weight is 343 g/mol. The van der Waals surface area contributed by atoms with Crippen LogP contribution in [-0.4, -0.2) is 14.9 Å². The topological polar surface area (TPSA) is 9.23 Å². The molecule has 0 aliphatic rings. The Morgan fingerprint density at radius 3 is 2.00 bits per heavy atom. The van der Waals surface area contributed by atoms with E-state index in [1.807, 2.05) is 0 Å². The molecule has 0 fully saturated rings. The first-order valence-electron chi connectivity index (χ1n) is 7.23. The maximum Gasteiger partial charge on any atom is 0.197 e. The van der Waals surface area contributed by atoms with Crippen molar-refractivity contribution < 1.29 is 4.43 Å². The molecule has 0 amide bonds. The summed E-state index contributed by atoms with van der Waals surface area (Å²) in [6.45, 7) is 12.5. The molecule has 0 aromatic heterocycles. The molecule has 0 unspecified atom stereocenters. The normalized spacial score (nSPS) is 12.7. The zero-order valence-electron chi connectivity index (χ0n) is 12.9. The van der Waals surface area contributed by atoms with Gasteiger partial charge >= 0.3 is 0 Å². The van der Waals surface area contributed by atoms with Crippen LogP contribution in [-0.2, 0) is 10.8 Å². The van der Waals surface area contributed by atoms with Crippen LogP contribution in [0.3, 0.4) is 0 Å². The molecule has 0 saturated heterocycles. The second kappa shape index (κ2) is 7.05. The van der Waals surface area contributed by atoms with E-state index in [-0.39, 0.29) is 0 Å². The van der Waals surface area contributed by atoms with Crippen molar-refractivity contribution in [2.75, 3.05) is 6.61 Å². The average Bonchev–Trinajstić information content (AvgIpc) is 2.36. The van der Waals surface area contributed by atoms with Crippen molar-refractivity contribution in [2.45, 2.75) is 58.2 Å². The van der Waals surface area contributed by atoms with E-state index < -0.39 is 8.32 Å². The Hall–Kier alpha value is -0.123. The summed E-state index contributed by atoms with van der Waals surface area (Å²) < 4.78 is 7.59. The Kier molecular flexibility index (Phi) is 6.28. The molecule has 0 aliphatic heterocycles. The maximum atomic E-state index is 6.45. The third-order valence-corrected chi connectivity index (χ3v) is 10.5. The summed E-state index contributed by atoms with van der Waals surface area (Å²) in [5.41, 5.74) is 1.35. The molecule has 0 radical (unpaired) electrons. The zero-order valence-corrected chi connectivity index (χ0v) is 15.5. The highest BCUT2D eigenvalue weighted by molar-refractivity contribution is 9.10. The Balaban J connectivity index is 2.61. The Bertz CT molecular complexity index is 377. The van der Waals surface area contributed by atoms with Gasteiger partial charge in [0.15, 0.2) is 8.32 Å². The molecule has 19 heavy (non-hydrogen) atoms. The van der Waals surface area contributed by atoms with E-state index in [0.717, 1.165) is 17.5 Å². The molecule has 1 rings (SSSR count). The lowest BCUT2D eigenvalue weighted by atomic mass is 10.2. The third-order valence-electron chi connectivity index (χ3n) is 4.19. The number of benzene rings is 1. The van der Waals surface area contributed by atoms with Crippen molar-refractivity contribution >= 4 is 24.2 Å². The van der Waals surface area contributed by atoms with Crippen LogP contribution in [0.15, 0.2) is 28.7 Å². The molecule has 0 N–H and O–H groups in total. The number of hydrogen-bond acceptors (Lipinski definition) is 1. The van der Waals surface area contributed by atoms with Gasteiger partial charge in [0.05, 0.1) is 0 Å². The fourth-order valence-electron chi connectivity index (χ4n) is 2.75. The van der Waals surface area contributed by atoms with E-state index in [9.17, 15) is 0 Å². The summed E-state index contributed by atoms with van der Waals surface area (Å²) in [6, 6.07) is 10.9. The molecule has 0 spiro atoms. The molecule has 1 nitrogen and oxygen atoms in total. The van der Waals surface area contributed by atoms with E-state index >= 15 is 0 Å². The zero-order chi connectivity index (χ0) is 14.5. The number of rotatable bonds is 6. The predicted octanol–water partition coefficient (Wildman–Crippen LogP) is 5.79. The Labute approximate surface area is 128 Å². The Morgan fingerprint density at radius 2 is 1.58 bits per heavy atom. The molecule has 0 heterocycles. The number of hydrogen-bond donors (Lipinski definition) is 0. The van der Waals surface area contributed by atoms with Gasteiger partial charge in [-0.05, 0) is 41.2 Å². The molecule has 0 saturated carbocycles. The van der Waals surface area contributed by atoms with E-state index in [1.165, 1.54) is 17.7 Å². The van der Waals surface area contributed by atoms with Crippen molar-refractivity contribution in [1.82, 2.24) is 0 Å². The van der Waals surface area contributed by atoms with Gasteiger partial charge in [-0.25, -0.2) is 0 Å². The van der Waals surface area contributed by atoms with Crippen LogP contribution >= 0.6 is 15.9 Å². The summed E-state index contributed by atoms with van der Waals surface area (Å²) in [4.78, 5) is 0. The minimum Gasteiger partial charge on any atom is -0.416 e. The van der Waals surface area contributed by atoms with Gasteiger partial charge in [0.25, 0.3) is 0 Å². The monoisotopic (exact) mass is 342 g/mol. The highest BCUT2D eigenvalue weighted by Crippen LogP contribution is 2.42. The highest BCUT2D eigenvalue weighted by atomic mass is 79.9. The minimum atomic E-state index is -1.62. The van der Waals surface area contributed by atoms with Crippen LogP contribution in [0.4, 0.5) is 0 Å². The van der Waals surface area contributed by atoms with Crippen molar-refractivity contribution in [1.29, 1.82) is 0 Å². The fraction of sp³-hybridized carbons (Fsp3) is 0.625. The summed E-state index contributed by atoms with van der Waals surface area (Å²) in [5, 5.41) is 0.316. The van der Waals surface area contributed by atoms with Gasteiger partial charge in [-0.3, -0.25) is 0 Å². The smallest absolute Gasteiger partial charge is 0.197 e. The van der Waals surface area contributed by atoms with Gasteiger partial charge in [-0.15, -0.1) is 0 Å². The minimum absolute atomic E-state index is 0.316. The molecule has 0 aliphatic carbocycles. The molecule has 108 valence electrons. The van der Waals surface area contributed by atoms with Gasteiger partial charge in [0, 0.05) is 11.1 Å². The van der Waals surface area contributed by atoms with Crippen LogP contribution in [0.1, 0.15) is 40.2 Å². The summed E-state index contributed by atoms with van der Waals surface area (Å²) in [6.07, 6.45) is 1.01. The summed E-state index contributed by atoms with van der Waals surface area (Å²) >= 11 is 3.47. The second-order valence-electron chi connectivity index (χ2n) is 6.18. The second-order valence-corrected chi connectivity index (χ2v) is 12.3. The highest BCUT2D eigenvalue weighted by Gasteiger charge is 2.43. The molecule has 1 aromatic rings. The van der Waals surface area contributed by atoms with Crippen molar-refractivity contribution in [3.8, 4) is 0 Å². The van der Waals surface area contributed by atoms with Gasteiger partial charge in [0.2, 0.25) is 0 Å². The van der Waals surface area contributed by atoms with E-state index in [1.54, 1.807) is 0 Å². The Morgan fingerprint density at radius 1 is 1.05 bits per heavy atom. The van der Waals surface area contributed by atoms with E-state index in [2.05, 4.69) is 74.8 Å². The quantitative estimate of drug-likeness (QED) is 0.594. The first-order valence-corrected chi connectivity index (χ1v) is 10.3. The van der Waals surface area contributed by atoms with Gasteiger partial charge in [-0.2, -0.15) is 0 Å². The van der Waals surface area contributed by atoms with Gasteiger partial charge < -0.3 is 4.43 Å². The van der Waals surface area contributed by atoms with Crippen molar-refractivity contribution in [3.05, 3.63) is 34.3 Å². The SMILES string of the molecule is CC[Si](CC)(OCCc1ccc(Br)cc1)C(C)(C)C.